The van der Waals surface area contributed by atoms with Crippen molar-refractivity contribution >= 4 is 23.5 Å². The van der Waals surface area contributed by atoms with Crippen molar-refractivity contribution in [2.75, 3.05) is 18.1 Å². The maximum absolute atomic E-state index is 12.1. The molecule has 0 aliphatic heterocycles. The third-order valence-electron chi connectivity index (χ3n) is 2.72. The second-order valence-electron chi connectivity index (χ2n) is 4.25. The first-order chi connectivity index (χ1) is 10.2. The summed E-state index contributed by atoms with van der Waals surface area (Å²) >= 11 is 1.50. The second-order valence-corrected chi connectivity index (χ2v) is 5.34. The molecule has 0 atom stereocenters. The van der Waals surface area contributed by atoms with Crippen LogP contribution in [0, 0.1) is 0 Å². The van der Waals surface area contributed by atoms with E-state index in [4.69, 9.17) is 10.5 Å². The van der Waals surface area contributed by atoms with Gasteiger partial charge in [0.05, 0.1) is 12.3 Å². The van der Waals surface area contributed by atoms with Gasteiger partial charge in [-0.2, -0.15) is 5.10 Å². The third kappa shape index (κ3) is 3.36. The lowest BCUT2D eigenvalue weighted by atomic mass is 10.3. The Morgan fingerprint density at radius 3 is 2.71 bits per heavy atom. The zero-order chi connectivity index (χ0) is 15.2. The maximum atomic E-state index is 12.1. The van der Waals surface area contributed by atoms with E-state index < -0.39 is 5.97 Å². The van der Waals surface area contributed by atoms with Gasteiger partial charge in [-0.05, 0) is 31.2 Å². The predicted octanol–water partition coefficient (Wildman–Crippen LogP) is 2.53. The number of hydrogen-bond donors (Lipinski definition) is 1. The van der Waals surface area contributed by atoms with Gasteiger partial charge in [0, 0.05) is 12.4 Å². The molecule has 2 rings (SSSR count). The van der Waals surface area contributed by atoms with Crippen LogP contribution >= 0.6 is 11.8 Å². The molecule has 0 bridgehead atoms. The van der Waals surface area contributed by atoms with E-state index in [1.165, 1.54) is 11.8 Å². The first-order valence-electron chi connectivity index (χ1n) is 6.77. The van der Waals surface area contributed by atoms with Crippen molar-refractivity contribution in [3.05, 3.63) is 30.1 Å². The minimum Gasteiger partial charge on any atom is -0.462 e. The van der Waals surface area contributed by atoms with Gasteiger partial charge in [0.25, 0.3) is 0 Å². The van der Waals surface area contributed by atoms with Crippen LogP contribution in [0.5, 0.6) is 0 Å². The lowest BCUT2D eigenvalue weighted by molar-refractivity contribution is 0.0523. The summed E-state index contributed by atoms with van der Waals surface area (Å²) in [5.41, 5.74) is 7.21. The van der Waals surface area contributed by atoms with Crippen molar-refractivity contribution in [1.29, 1.82) is 0 Å². The first kappa shape index (κ1) is 15.4. The lowest BCUT2D eigenvalue weighted by Gasteiger charge is -2.04. The van der Waals surface area contributed by atoms with E-state index in [-0.39, 0.29) is 0 Å². The fourth-order valence-corrected chi connectivity index (χ4v) is 2.66. The van der Waals surface area contributed by atoms with Gasteiger partial charge in [0.1, 0.15) is 16.4 Å². The number of nitrogens with zero attached hydrogens (tertiary/aromatic N) is 3. The molecule has 0 aromatic carbocycles. The van der Waals surface area contributed by atoms with Crippen LogP contribution in [0.2, 0.25) is 0 Å². The topological polar surface area (TPSA) is 83.0 Å². The van der Waals surface area contributed by atoms with Crippen molar-refractivity contribution in [1.82, 2.24) is 14.8 Å². The average Bonchev–Trinajstić information content (AvgIpc) is 2.83. The zero-order valence-corrected chi connectivity index (χ0v) is 12.9. The zero-order valence-electron chi connectivity index (χ0n) is 12.1. The SMILES string of the molecule is CCCSc1nn(-c2ccncc2)c(N)c1C(=O)OCC. The number of pyridine rings is 1. The summed E-state index contributed by atoms with van der Waals surface area (Å²) in [6.45, 7) is 4.14. The quantitative estimate of drug-likeness (QED) is 0.652. The molecule has 0 fully saturated rings. The predicted molar refractivity (Wildman–Crippen MR) is 82.7 cm³/mol. The Labute approximate surface area is 127 Å². The van der Waals surface area contributed by atoms with Gasteiger partial charge in [-0.1, -0.05) is 6.92 Å². The van der Waals surface area contributed by atoms with Crippen LogP contribution in [0.3, 0.4) is 0 Å². The molecule has 0 saturated heterocycles. The molecule has 0 aliphatic carbocycles. The largest absolute Gasteiger partial charge is 0.462 e. The summed E-state index contributed by atoms with van der Waals surface area (Å²) in [7, 11) is 0. The molecule has 21 heavy (non-hydrogen) atoms. The summed E-state index contributed by atoms with van der Waals surface area (Å²) in [6, 6.07) is 3.57. The van der Waals surface area contributed by atoms with E-state index >= 15 is 0 Å². The van der Waals surface area contributed by atoms with Crippen LogP contribution in [0.25, 0.3) is 5.69 Å². The summed E-state index contributed by atoms with van der Waals surface area (Å²) in [5.74, 6) is 0.714. The normalized spacial score (nSPS) is 10.6. The van der Waals surface area contributed by atoms with E-state index in [0.29, 0.717) is 23.0 Å². The first-order valence-corrected chi connectivity index (χ1v) is 7.76. The number of esters is 1. The smallest absolute Gasteiger partial charge is 0.344 e. The molecule has 2 aromatic heterocycles. The molecular formula is C14H18N4O2S. The van der Waals surface area contributed by atoms with Gasteiger partial charge >= 0.3 is 5.97 Å². The van der Waals surface area contributed by atoms with Gasteiger partial charge in [-0.25, -0.2) is 9.48 Å². The van der Waals surface area contributed by atoms with Crippen molar-refractivity contribution in [2.45, 2.75) is 25.3 Å². The summed E-state index contributed by atoms with van der Waals surface area (Å²) < 4.78 is 6.63. The highest BCUT2D eigenvalue weighted by molar-refractivity contribution is 7.99. The molecule has 0 unspecified atom stereocenters. The van der Waals surface area contributed by atoms with E-state index in [0.717, 1.165) is 17.9 Å². The third-order valence-corrected chi connectivity index (χ3v) is 3.89. The minimum atomic E-state index is -0.436. The number of rotatable bonds is 6. The minimum absolute atomic E-state index is 0.290. The second kappa shape index (κ2) is 7.12. The maximum Gasteiger partial charge on any atom is 0.344 e. The molecule has 0 saturated carbocycles. The highest BCUT2D eigenvalue weighted by Crippen LogP contribution is 2.29. The number of nitrogens with two attached hydrogens (primary N) is 1. The summed E-state index contributed by atoms with van der Waals surface area (Å²) in [4.78, 5) is 16.1. The van der Waals surface area contributed by atoms with Crippen LogP contribution in [0.4, 0.5) is 5.82 Å². The molecule has 0 aliphatic rings. The van der Waals surface area contributed by atoms with Crippen molar-refractivity contribution in [2.24, 2.45) is 0 Å². The van der Waals surface area contributed by atoms with E-state index in [9.17, 15) is 4.79 Å². The summed E-state index contributed by atoms with van der Waals surface area (Å²) in [6.07, 6.45) is 4.29. The van der Waals surface area contributed by atoms with Gasteiger partial charge in [0.2, 0.25) is 0 Å². The standard InChI is InChI=1S/C14H18N4O2S/c1-3-9-21-13-11(14(19)20-4-2)12(15)18(17-13)10-5-7-16-8-6-10/h5-8H,3-4,9,15H2,1-2H3. The highest BCUT2D eigenvalue weighted by atomic mass is 32.2. The fraction of sp³-hybridized carbons (Fsp3) is 0.357. The van der Waals surface area contributed by atoms with Crippen molar-refractivity contribution < 1.29 is 9.53 Å². The molecule has 0 spiro atoms. The highest BCUT2D eigenvalue weighted by Gasteiger charge is 2.24. The Hall–Kier alpha value is -2.02. The van der Waals surface area contributed by atoms with Gasteiger partial charge < -0.3 is 10.5 Å². The number of anilines is 1. The van der Waals surface area contributed by atoms with Crippen molar-refractivity contribution in [3.63, 3.8) is 0 Å². The number of ether oxygens (including phenoxy) is 1. The van der Waals surface area contributed by atoms with E-state index in [2.05, 4.69) is 17.0 Å². The Morgan fingerprint density at radius 1 is 1.38 bits per heavy atom. The molecular weight excluding hydrogens is 288 g/mol. The van der Waals surface area contributed by atoms with Crippen LogP contribution in [0.1, 0.15) is 30.6 Å². The molecule has 2 aromatic rings. The number of aromatic nitrogens is 3. The number of thioether (sulfide) groups is 1. The molecule has 112 valence electrons. The molecule has 0 radical (unpaired) electrons. The number of carbonyl (C=O) groups excluding carboxylic acids is 1. The molecule has 2 N–H and O–H groups in total. The molecule has 6 nitrogen and oxygen atoms in total. The fourth-order valence-electron chi connectivity index (χ4n) is 1.79. The van der Waals surface area contributed by atoms with E-state index in [1.54, 1.807) is 36.1 Å². The number of carbonyl (C=O) groups is 1. The Kier molecular flexibility index (Phi) is 5.21. The Bertz CT molecular complexity index is 613. The Balaban J connectivity index is 2.46. The molecule has 0 amide bonds. The van der Waals surface area contributed by atoms with Gasteiger partial charge in [0.15, 0.2) is 0 Å². The summed E-state index contributed by atoms with van der Waals surface area (Å²) in [5, 5.41) is 5.05. The molecule has 2 heterocycles. The average molecular weight is 306 g/mol. The number of hydrogen-bond acceptors (Lipinski definition) is 6. The van der Waals surface area contributed by atoms with Gasteiger partial charge in [-0.3, -0.25) is 4.98 Å². The Morgan fingerprint density at radius 2 is 2.10 bits per heavy atom. The van der Waals surface area contributed by atoms with E-state index in [1.807, 2.05) is 0 Å². The van der Waals surface area contributed by atoms with Crippen LogP contribution in [-0.4, -0.2) is 33.1 Å². The monoisotopic (exact) mass is 306 g/mol. The van der Waals surface area contributed by atoms with Crippen LogP contribution in [0.15, 0.2) is 29.6 Å². The number of nitrogen functional groups attached to an aromatic ring is 1. The van der Waals surface area contributed by atoms with Crippen LogP contribution in [-0.2, 0) is 4.74 Å². The van der Waals surface area contributed by atoms with Crippen LogP contribution < -0.4 is 5.73 Å². The lowest BCUT2D eigenvalue weighted by Crippen LogP contribution is -2.09. The van der Waals surface area contributed by atoms with Gasteiger partial charge in [-0.15, -0.1) is 11.8 Å². The van der Waals surface area contributed by atoms with Crippen molar-refractivity contribution in [3.8, 4) is 5.69 Å². The molecule has 7 heteroatoms.